The number of benzene rings is 1. The van der Waals surface area contributed by atoms with Crippen molar-refractivity contribution in [3.63, 3.8) is 0 Å². The minimum Gasteiger partial charge on any atom is -0.497 e. The molecule has 5 nitrogen and oxygen atoms in total. The lowest BCUT2D eigenvalue weighted by Crippen LogP contribution is -2.03. The first-order valence-corrected chi connectivity index (χ1v) is 6.50. The number of hydrogen-bond donors (Lipinski definition) is 1. The summed E-state index contributed by atoms with van der Waals surface area (Å²) in [5.74, 6) is -0.157. The third kappa shape index (κ3) is 2.58. The molecule has 0 unspecified atom stereocenters. The van der Waals surface area contributed by atoms with Gasteiger partial charge in [0.15, 0.2) is 0 Å². The summed E-state index contributed by atoms with van der Waals surface area (Å²) in [7, 11) is 1.63. The predicted octanol–water partition coefficient (Wildman–Crippen LogP) is 2.63. The van der Waals surface area contributed by atoms with Crippen LogP contribution in [0.15, 0.2) is 48.7 Å². The maximum Gasteiger partial charge on any atom is 0.352 e. The van der Waals surface area contributed by atoms with Gasteiger partial charge in [-0.15, -0.1) is 0 Å². The van der Waals surface area contributed by atoms with Gasteiger partial charge < -0.3 is 9.84 Å². The van der Waals surface area contributed by atoms with Gasteiger partial charge in [0.05, 0.1) is 12.8 Å². The molecule has 5 heteroatoms. The van der Waals surface area contributed by atoms with Gasteiger partial charge in [-0.25, -0.2) is 9.78 Å². The quantitative estimate of drug-likeness (QED) is 0.799. The molecule has 0 saturated carbocycles. The molecular weight excluding hydrogens is 268 g/mol. The van der Waals surface area contributed by atoms with Gasteiger partial charge in [0.2, 0.25) is 0 Å². The second-order valence-corrected chi connectivity index (χ2v) is 4.70. The van der Waals surface area contributed by atoms with Gasteiger partial charge in [-0.3, -0.25) is 4.40 Å². The van der Waals surface area contributed by atoms with E-state index in [0.29, 0.717) is 12.1 Å². The summed E-state index contributed by atoms with van der Waals surface area (Å²) < 4.78 is 6.72. The number of ether oxygens (including phenoxy) is 1. The van der Waals surface area contributed by atoms with Crippen molar-refractivity contribution in [2.75, 3.05) is 7.11 Å². The molecule has 0 aliphatic rings. The Morgan fingerprint density at radius 1 is 1.24 bits per heavy atom. The molecule has 1 N–H and O–H groups in total. The first-order valence-electron chi connectivity index (χ1n) is 6.50. The number of imidazole rings is 1. The fourth-order valence-electron chi connectivity index (χ4n) is 2.27. The maximum atomic E-state index is 11.2. The topological polar surface area (TPSA) is 63.8 Å². The van der Waals surface area contributed by atoms with E-state index in [-0.39, 0.29) is 5.69 Å². The number of methoxy groups -OCH3 is 1. The van der Waals surface area contributed by atoms with E-state index in [4.69, 9.17) is 4.74 Å². The lowest BCUT2D eigenvalue weighted by Gasteiger charge is -2.01. The summed E-state index contributed by atoms with van der Waals surface area (Å²) in [6.07, 6.45) is 2.41. The Morgan fingerprint density at radius 3 is 2.67 bits per heavy atom. The van der Waals surface area contributed by atoms with Crippen LogP contribution in [-0.2, 0) is 6.42 Å². The summed E-state index contributed by atoms with van der Waals surface area (Å²) in [6.45, 7) is 0. The standard InChI is InChI=1S/C16H14N2O3/c1-21-13-7-5-11(6-8-13)9-12-10-18-14(16(19)20)3-2-4-15(18)17-12/h2-8,10H,9H2,1H3,(H,19,20). The van der Waals surface area contributed by atoms with E-state index in [1.807, 2.05) is 24.3 Å². The van der Waals surface area contributed by atoms with Crippen molar-refractivity contribution in [1.82, 2.24) is 9.38 Å². The van der Waals surface area contributed by atoms with Gasteiger partial charge in [-0.05, 0) is 29.8 Å². The number of carboxylic acid groups (broad SMARTS) is 1. The van der Waals surface area contributed by atoms with Gasteiger partial charge in [0.1, 0.15) is 17.1 Å². The molecule has 3 aromatic rings. The molecule has 21 heavy (non-hydrogen) atoms. The number of hydrogen-bond acceptors (Lipinski definition) is 3. The molecule has 2 heterocycles. The van der Waals surface area contributed by atoms with E-state index in [9.17, 15) is 9.90 Å². The van der Waals surface area contributed by atoms with Crippen LogP contribution in [0.4, 0.5) is 0 Å². The van der Waals surface area contributed by atoms with E-state index in [1.54, 1.807) is 35.9 Å². The van der Waals surface area contributed by atoms with Crippen LogP contribution >= 0.6 is 0 Å². The minimum atomic E-state index is -0.964. The highest BCUT2D eigenvalue weighted by atomic mass is 16.5. The first kappa shape index (κ1) is 13.2. The highest BCUT2D eigenvalue weighted by Gasteiger charge is 2.10. The number of nitrogens with zero attached hydrogens (tertiary/aromatic N) is 2. The van der Waals surface area contributed by atoms with Crippen LogP contribution in [0.1, 0.15) is 21.7 Å². The van der Waals surface area contributed by atoms with Crippen molar-refractivity contribution in [1.29, 1.82) is 0 Å². The summed E-state index contributed by atoms with van der Waals surface area (Å²) in [6, 6.07) is 12.8. The van der Waals surface area contributed by atoms with Crippen molar-refractivity contribution in [3.8, 4) is 5.75 Å². The molecule has 1 aromatic carbocycles. The molecule has 0 aliphatic carbocycles. The van der Waals surface area contributed by atoms with E-state index in [0.717, 1.165) is 17.0 Å². The number of carboxylic acids is 1. The molecule has 0 fully saturated rings. The summed E-state index contributed by atoms with van der Waals surface area (Å²) in [5.41, 5.74) is 2.77. The molecule has 0 spiro atoms. The van der Waals surface area contributed by atoms with Gasteiger partial charge in [0.25, 0.3) is 0 Å². The average molecular weight is 282 g/mol. The van der Waals surface area contributed by atoms with Gasteiger partial charge in [-0.2, -0.15) is 0 Å². The van der Waals surface area contributed by atoms with Crippen LogP contribution < -0.4 is 4.74 Å². The maximum absolute atomic E-state index is 11.2. The molecule has 0 bridgehead atoms. The fourth-order valence-corrected chi connectivity index (χ4v) is 2.27. The summed E-state index contributed by atoms with van der Waals surface area (Å²) in [4.78, 5) is 15.7. The van der Waals surface area contributed by atoms with E-state index in [2.05, 4.69) is 4.98 Å². The Morgan fingerprint density at radius 2 is 2.00 bits per heavy atom. The van der Waals surface area contributed by atoms with Gasteiger partial charge in [0, 0.05) is 12.6 Å². The smallest absolute Gasteiger partial charge is 0.352 e. The second-order valence-electron chi connectivity index (χ2n) is 4.70. The molecule has 3 rings (SSSR count). The Hall–Kier alpha value is -2.82. The minimum absolute atomic E-state index is 0.209. The number of fused-ring (bicyclic) bond motifs is 1. The highest BCUT2D eigenvalue weighted by Crippen LogP contribution is 2.16. The normalized spacial score (nSPS) is 10.7. The van der Waals surface area contributed by atoms with Crippen LogP contribution in [-0.4, -0.2) is 27.6 Å². The predicted molar refractivity (Wildman–Crippen MR) is 78.0 cm³/mol. The monoisotopic (exact) mass is 282 g/mol. The van der Waals surface area contributed by atoms with E-state index < -0.39 is 5.97 Å². The van der Waals surface area contributed by atoms with Crippen molar-refractivity contribution in [3.05, 3.63) is 65.6 Å². The number of pyridine rings is 1. The number of aromatic nitrogens is 2. The lowest BCUT2D eigenvalue weighted by atomic mass is 10.1. The SMILES string of the molecule is COc1ccc(Cc2cn3c(C(=O)O)cccc3n2)cc1. The molecular formula is C16H14N2O3. The van der Waals surface area contributed by atoms with Gasteiger partial charge >= 0.3 is 5.97 Å². The molecule has 2 aromatic heterocycles. The van der Waals surface area contributed by atoms with Crippen LogP contribution in [0.25, 0.3) is 5.65 Å². The van der Waals surface area contributed by atoms with Crippen molar-refractivity contribution in [2.24, 2.45) is 0 Å². The number of rotatable bonds is 4. The van der Waals surface area contributed by atoms with Crippen LogP contribution in [0.3, 0.4) is 0 Å². The first-order chi connectivity index (χ1) is 10.2. The van der Waals surface area contributed by atoms with E-state index >= 15 is 0 Å². The van der Waals surface area contributed by atoms with Crippen LogP contribution in [0, 0.1) is 0 Å². The number of aromatic carboxylic acids is 1. The third-order valence-electron chi connectivity index (χ3n) is 3.31. The largest absolute Gasteiger partial charge is 0.497 e. The highest BCUT2D eigenvalue weighted by molar-refractivity contribution is 5.86. The van der Waals surface area contributed by atoms with Crippen LogP contribution in [0.5, 0.6) is 5.75 Å². The molecule has 0 radical (unpaired) electrons. The molecule has 0 aliphatic heterocycles. The Bertz CT molecular complexity index is 791. The molecule has 0 saturated heterocycles. The molecule has 0 atom stereocenters. The number of carbonyl (C=O) groups is 1. The van der Waals surface area contributed by atoms with Crippen molar-refractivity contribution < 1.29 is 14.6 Å². The zero-order valence-electron chi connectivity index (χ0n) is 11.5. The summed E-state index contributed by atoms with van der Waals surface area (Å²) in [5, 5.41) is 9.18. The van der Waals surface area contributed by atoms with Crippen molar-refractivity contribution in [2.45, 2.75) is 6.42 Å². The Balaban J connectivity index is 1.93. The lowest BCUT2D eigenvalue weighted by molar-refractivity contribution is 0.0689. The fraction of sp³-hybridized carbons (Fsp3) is 0.125. The Kier molecular flexibility index (Phi) is 3.31. The second kappa shape index (κ2) is 5.28. The average Bonchev–Trinajstić information content (AvgIpc) is 2.89. The molecule has 106 valence electrons. The Labute approximate surface area is 121 Å². The third-order valence-corrected chi connectivity index (χ3v) is 3.31. The zero-order chi connectivity index (χ0) is 14.8. The zero-order valence-corrected chi connectivity index (χ0v) is 11.5. The van der Waals surface area contributed by atoms with Crippen molar-refractivity contribution >= 4 is 11.6 Å². The van der Waals surface area contributed by atoms with Crippen LogP contribution in [0.2, 0.25) is 0 Å². The van der Waals surface area contributed by atoms with Gasteiger partial charge in [-0.1, -0.05) is 18.2 Å². The molecule has 0 amide bonds. The summed E-state index contributed by atoms with van der Waals surface area (Å²) >= 11 is 0. The van der Waals surface area contributed by atoms with E-state index in [1.165, 1.54) is 0 Å².